The van der Waals surface area contributed by atoms with Crippen molar-refractivity contribution >= 4 is 45.0 Å². The molecule has 1 heterocycles. The lowest BCUT2D eigenvalue weighted by Crippen LogP contribution is -2.33. The van der Waals surface area contributed by atoms with E-state index in [9.17, 15) is 13.2 Å². The number of rotatable bonds is 8. The van der Waals surface area contributed by atoms with Gasteiger partial charge in [-0.1, -0.05) is 53.5 Å². The minimum absolute atomic E-state index is 0.0262. The summed E-state index contributed by atoms with van der Waals surface area (Å²) in [5.74, 6) is 0.727. The third-order valence-electron chi connectivity index (χ3n) is 4.99. The van der Waals surface area contributed by atoms with E-state index >= 15 is 0 Å². The van der Waals surface area contributed by atoms with E-state index in [1.165, 1.54) is 25.2 Å². The smallest absolute Gasteiger partial charge is 0.244 e. The third-order valence-corrected chi connectivity index (χ3v) is 7.82. The summed E-state index contributed by atoms with van der Waals surface area (Å²) in [6.45, 7) is 2.08. The Labute approximate surface area is 192 Å². The van der Waals surface area contributed by atoms with Crippen LogP contribution >= 0.6 is 23.2 Å². The molecule has 0 atom stereocenters. The van der Waals surface area contributed by atoms with Crippen LogP contribution in [0, 0.1) is 0 Å². The Kier molecular flexibility index (Phi) is 7.59. The van der Waals surface area contributed by atoms with E-state index in [1.54, 1.807) is 11.9 Å². The summed E-state index contributed by atoms with van der Waals surface area (Å²) in [5.41, 5.74) is 1.99. The van der Waals surface area contributed by atoms with Crippen molar-refractivity contribution in [3.05, 3.63) is 63.6 Å². The molecule has 2 aromatic rings. The van der Waals surface area contributed by atoms with Crippen LogP contribution in [0.2, 0.25) is 10.0 Å². The molecule has 0 aromatic heterocycles. The van der Waals surface area contributed by atoms with Gasteiger partial charge in [-0.05, 0) is 17.7 Å². The zero-order valence-corrected chi connectivity index (χ0v) is 19.6. The molecule has 10 heteroatoms. The van der Waals surface area contributed by atoms with E-state index in [4.69, 9.17) is 23.2 Å². The highest BCUT2D eigenvalue weighted by Crippen LogP contribution is 2.30. The first kappa shape index (κ1) is 23.5. The van der Waals surface area contributed by atoms with E-state index in [-0.39, 0.29) is 33.8 Å². The normalized spacial score (nSPS) is 13.8. The summed E-state index contributed by atoms with van der Waals surface area (Å²) < 4.78 is 26.6. The van der Waals surface area contributed by atoms with E-state index in [2.05, 4.69) is 10.3 Å². The monoisotopic (exact) mass is 482 g/mol. The van der Waals surface area contributed by atoms with Crippen LogP contribution in [-0.4, -0.2) is 63.1 Å². The van der Waals surface area contributed by atoms with Crippen LogP contribution in [0.3, 0.4) is 0 Å². The first-order valence-electron chi connectivity index (χ1n) is 9.72. The average Bonchev–Trinajstić information content (AvgIpc) is 3.29. The molecule has 0 saturated heterocycles. The number of carbonyl (C=O) groups excluding carboxylic acids is 1. The van der Waals surface area contributed by atoms with E-state index in [0.717, 1.165) is 34.4 Å². The highest BCUT2D eigenvalue weighted by Gasteiger charge is 2.25. The molecule has 0 aliphatic carbocycles. The molecule has 31 heavy (non-hydrogen) atoms. The summed E-state index contributed by atoms with van der Waals surface area (Å²) in [7, 11) is -0.746. The first-order chi connectivity index (χ1) is 14.7. The fourth-order valence-corrected chi connectivity index (χ4v) is 5.04. The maximum atomic E-state index is 12.8. The second kappa shape index (κ2) is 9.99. The Morgan fingerprint density at radius 2 is 1.84 bits per heavy atom. The second-order valence-corrected chi connectivity index (χ2v) is 10.0. The molecule has 1 aliphatic rings. The summed E-state index contributed by atoms with van der Waals surface area (Å²) in [4.78, 5) is 18.4. The Balaban J connectivity index is 1.56. The van der Waals surface area contributed by atoms with Crippen LogP contribution in [-0.2, 0) is 21.4 Å². The Hall–Kier alpha value is -2.13. The molecule has 0 radical (unpaired) electrons. The quantitative estimate of drug-likeness (QED) is 0.626. The summed E-state index contributed by atoms with van der Waals surface area (Å²) in [6.07, 6.45) is 0.0449. The molecule has 166 valence electrons. The number of aliphatic imine (C=N–C) groups is 1. The molecule has 0 saturated carbocycles. The Morgan fingerprint density at radius 3 is 2.48 bits per heavy atom. The van der Waals surface area contributed by atoms with Crippen LogP contribution in [0.15, 0.2) is 52.4 Å². The Bertz CT molecular complexity index is 1090. The Morgan fingerprint density at radius 1 is 1.13 bits per heavy atom. The molecule has 0 fully saturated rings. The molecule has 1 aliphatic heterocycles. The molecule has 0 spiro atoms. The highest BCUT2D eigenvalue weighted by molar-refractivity contribution is 7.89. The summed E-state index contributed by atoms with van der Waals surface area (Å²) in [6, 6.07) is 12.3. The molecule has 1 amide bonds. The zero-order chi connectivity index (χ0) is 22.6. The van der Waals surface area contributed by atoms with Gasteiger partial charge < -0.3 is 10.2 Å². The standard InChI is InChI=1S/C21H24Cl2N4O3S/c1-26(14-15-6-8-16(9-7-15)21-24-11-12-25-21)19(28)10-13-27(2)31(29,30)18-5-3-4-17(22)20(18)23/h3-9H,10-14H2,1-2H3,(H,24,25). The van der Waals surface area contributed by atoms with Gasteiger partial charge in [0.25, 0.3) is 0 Å². The van der Waals surface area contributed by atoms with Crippen molar-refractivity contribution in [2.45, 2.75) is 17.9 Å². The summed E-state index contributed by atoms with van der Waals surface area (Å²) in [5, 5.41) is 3.36. The molecule has 7 nitrogen and oxygen atoms in total. The number of hydrogen-bond donors (Lipinski definition) is 1. The summed E-state index contributed by atoms with van der Waals surface area (Å²) >= 11 is 12.0. The maximum Gasteiger partial charge on any atom is 0.244 e. The van der Waals surface area contributed by atoms with Crippen molar-refractivity contribution in [1.82, 2.24) is 14.5 Å². The fourth-order valence-electron chi connectivity index (χ4n) is 3.14. The molecular weight excluding hydrogens is 459 g/mol. The second-order valence-electron chi connectivity index (χ2n) is 7.23. The van der Waals surface area contributed by atoms with Crippen molar-refractivity contribution in [2.24, 2.45) is 4.99 Å². The van der Waals surface area contributed by atoms with Gasteiger partial charge in [0, 0.05) is 45.7 Å². The highest BCUT2D eigenvalue weighted by atomic mass is 35.5. The number of amidine groups is 1. The zero-order valence-electron chi connectivity index (χ0n) is 17.3. The number of carbonyl (C=O) groups is 1. The van der Waals surface area contributed by atoms with E-state index in [1.807, 2.05) is 24.3 Å². The molecule has 1 N–H and O–H groups in total. The minimum Gasteiger partial charge on any atom is -0.368 e. The van der Waals surface area contributed by atoms with Crippen molar-refractivity contribution < 1.29 is 13.2 Å². The van der Waals surface area contributed by atoms with Gasteiger partial charge in [0.1, 0.15) is 10.7 Å². The van der Waals surface area contributed by atoms with Crippen molar-refractivity contribution in [3.63, 3.8) is 0 Å². The number of hydrogen-bond acceptors (Lipinski definition) is 5. The van der Waals surface area contributed by atoms with Crippen molar-refractivity contribution in [3.8, 4) is 0 Å². The largest absolute Gasteiger partial charge is 0.368 e. The molecular formula is C21H24Cl2N4O3S. The topological polar surface area (TPSA) is 82.1 Å². The number of benzene rings is 2. The van der Waals surface area contributed by atoms with Crippen molar-refractivity contribution in [1.29, 1.82) is 0 Å². The van der Waals surface area contributed by atoms with E-state index in [0.29, 0.717) is 6.54 Å². The number of nitrogens with zero attached hydrogens (tertiary/aromatic N) is 3. The van der Waals surface area contributed by atoms with Gasteiger partial charge in [-0.15, -0.1) is 0 Å². The number of nitrogens with one attached hydrogen (secondary N) is 1. The number of amides is 1. The van der Waals surface area contributed by atoms with Crippen LogP contribution in [0.5, 0.6) is 0 Å². The molecule has 2 aromatic carbocycles. The van der Waals surface area contributed by atoms with Gasteiger partial charge in [-0.2, -0.15) is 0 Å². The SMILES string of the molecule is CN(Cc1ccc(C2=NCCN2)cc1)C(=O)CCN(C)S(=O)(=O)c1cccc(Cl)c1Cl. The van der Waals surface area contributed by atoms with Gasteiger partial charge in [0.2, 0.25) is 15.9 Å². The predicted octanol–water partition coefficient (Wildman–Crippen LogP) is 3.01. The average molecular weight is 483 g/mol. The predicted molar refractivity (Wildman–Crippen MR) is 123 cm³/mol. The minimum atomic E-state index is -3.86. The van der Waals surface area contributed by atoms with Crippen LogP contribution in [0.1, 0.15) is 17.5 Å². The molecule has 0 unspecified atom stereocenters. The lowest BCUT2D eigenvalue weighted by molar-refractivity contribution is -0.130. The third kappa shape index (κ3) is 5.57. The van der Waals surface area contributed by atoms with Crippen LogP contribution < -0.4 is 5.32 Å². The van der Waals surface area contributed by atoms with Gasteiger partial charge >= 0.3 is 0 Å². The van der Waals surface area contributed by atoms with Gasteiger partial charge in [-0.25, -0.2) is 12.7 Å². The first-order valence-corrected chi connectivity index (χ1v) is 11.9. The van der Waals surface area contributed by atoms with Gasteiger partial charge in [0.15, 0.2) is 0 Å². The molecule has 3 rings (SSSR count). The number of halogens is 2. The fraction of sp³-hybridized carbons (Fsp3) is 0.333. The lowest BCUT2D eigenvalue weighted by Gasteiger charge is -2.21. The number of sulfonamides is 1. The van der Waals surface area contributed by atoms with Crippen molar-refractivity contribution in [2.75, 3.05) is 33.7 Å². The maximum absolute atomic E-state index is 12.8. The van der Waals surface area contributed by atoms with E-state index < -0.39 is 10.0 Å². The lowest BCUT2D eigenvalue weighted by atomic mass is 10.1. The van der Waals surface area contributed by atoms with Crippen LogP contribution in [0.25, 0.3) is 0 Å². The van der Waals surface area contributed by atoms with Gasteiger partial charge in [-0.3, -0.25) is 9.79 Å². The molecule has 0 bridgehead atoms. The van der Waals surface area contributed by atoms with Gasteiger partial charge in [0.05, 0.1) is 16.6 Å². The van der Waals surface area contributed by atoms with Crippen LogP contribution in [0.4, 0.5) is 0 Å².